The Morgan fingerprint density at radius 1 is 1.19 bits per heavy atom. The first-order chi connectivity index (χ1) is 12.4. The number of amides is 1. The van der Waals surface area contributed by atoms with Crippen LogP contribution in [-0.2, 0) is 14.8 Å². The third-order valence-corrected chi connectivity index (χ3v) is 8.32. The van der Waals surface area contributed by atoms with Crippen molar-refractivity contribution in [1.82, 2.24) is 4.31 Å². The Balaban J connectivity index is 1.56. The molecule has 6 nitrogen and oxygen atoms in total. The lowest BCUT2D eigenvalue weighted by molar-refractivity contribution is -0.117. The van der Waals surface area contributed by atoms with E-state index in [1.807, 2.05) is 6.07 Å². The van der Waals surface area contributed by atoms with Gasteiger partial charge in [-0.05, 0) is 36.1 Å². The molecule has 0 aliphatic carbocycles. The summed E-state index contributed by atoms with van der Waals surface area (Å²) in [6, 6.07) is 12.4. The normalized spacial score (nSPS) is 23.7. The van der Waals surface area contributed by atoms with Crippen molar-refractivity contribution in [2.24, 2.45) is 5.41 Å². The number of hydrogen-bond donors (Lipinski definition) is 0. The van der Waals surface area contributed by atoms with Gasteiger partial charge in [-0.1, -0.05) is 12.1 Å². The minimum atomic E-state index is -3.49. The van der Waals surface area contributed by atoms with Crippen molar-refractivity contribution in [3.8, 4) is 6.07 Å². The van der Waals surface area contributed by atoms with Gasteiger partial charge in [0.1, 0.15) is 4.21 Å². The van der Waals surface area contributed by atoms with Crippen LogP contribution in [0.4, 0.5) is 5.69 Å². The molecule has 0 N–H and O–H groups in total. The highest BCUT2D eigenvalue weighted by Crippen LogP contribution is 2.43. The summed E-state index contributed by atoms with van der Waals surface area (Å²) in [5, 5.41) is 10.8. The molecular formula is C18H17N3O3S2. The second-order valence-corrected chi connectivity index (χ2v) is 9.95. The number of benzene rings is 1. The largest absolute Gasteiger partial charge is 0.312 e. The molecule has 0 saturated carbocycles. The molecule has 2 aliphatic heterocycles. The highest BCUT2D eigenvalue weighted by molar-refractivity contribution is 7.91. The highest BCUT2D eigenvalue weighted by atomic mass is 32.2. The van der Waals surface area contributed by atoms with Crippen LogP contribution in [0.15, 0.2) is 46.0 Å². The van der Waals surface area contributed by atoms with Gasteiger partial charge in [0, 0.05) is 37.2 Å². The lowest BCUT2D eigenvalue weighted by atomic mass is 9.86. The molecule has 2 fully saturated rings. The van der Waals surface area contributed by atoms with Crippen LogP contribution >= 0.6 is 11.3 Å². The molecule has 26 heavy (non-hydrogen) atoms. The topological polar surface area (TPSA) is 81.5 Å². The Morgan fingerprint density at radius 3 is 2.77 bits per heavy atom. The van der Waals surface area contributed by atoms with E-state index in [4.69, 9.17) is 5.26 Å². The second-order valence-electron chi connectivity index (χ2n) is 6.84. The van der Waals surface area contributed by atoms with Gasteiger partial charge in [0.15, 0.2) is 0 Å². The van der Waals surface area contributed by atoms with Crippen LogP contribution in [0.5, 0.6) is 0 Å². The van der Waals surface area contributed by atoms with Crippen LogP contribution in [0.2, 0.25) is 0 Å². The van der Waals surface area contributed by atoms with Gasteiger partial charge >= 0.3 is 0 Å². The van der Waals surface area contributed by atoms with Crippen LogP contribution in [0.3, 0.4) is 0 Å². The van der Waals surface area contributed by atoms with Gasteiger partial charge in [-0.25, -0.2) is 8.42 Å². The summed E-state index contributed by atoms with van der Waals surface area (Å²) in [4.78, 5) is 14.3. The molecule has 0 bridgehead atoms. The summed E-state index contributed by atoms with van der Waals surface area (Å²) in [7, 11) is -3.49. The molecule has 2 aromatic rings. The predicted octanol–water partition coefficient (Wildman–Crippen LogP) is 2.44. The van der Waals surface area contributed by atoms with Crippen LogP contribution in [0.25, 0.3) is 0 Å². The Labute approximate surface area is 156 Å². The maximum atomic E-state index is 12.8. The zero-order valence-electron chi connectivity index (χ0n) is 14.0. The first-order valence-electron chi connectivity index (χ1n) is 8.28. The average Bonchev–Trinajstić information content (AvgIpc) is 3.36. The number of thiophene rings is 1. The molecule has 0 unspecified atom stereocenters. The summed E-state index contributed by atoms with van der Waals surface area (Å²) in [6.07, 6.45) is 0.998. The van der Waals surface area contributed by atoms with Crippen molar-refractivity contribution < 1.29 is 13.2 Å². The third-order valence-electron chi connectivity index (χ3n) is 5.10. The molecule has 0 radical (unpaired) electrons. The van der Waals surface area contributed by atoms with Gasteiger partial charge in [-0.3, -0.25) is 4.79 Å². The minimum Gasteiger partial charge on any atom is -0.312 e. The quantitative estimate of drug-likeness (QED) is 0.810. The maximum absolute atomic E-state index is 12.8. The summed E-state index contributed by atoms with van der Waals surface area (Å²) in [5.41, 5.74) is 0.847. The number of carbonyl (C=O) groups excluding carboxylic acids is 1. The third kappa shape index (κ3) is 2.82. The van der Waals surface area contributed by atoms with Gasteiger partial charge < -0.3 is 4.90 Å². The summed E-state index contributed by atoms with van der Waals surface area (Å²) < 4.78 is 27.4. The van der Waals surface area contributed by atoms with E-state index in [1.54, 1.807) is 40.6 Å². The van der Waals surface area contributed by atoms with Gasteiger partial charge in [0.25, 0.3) is 10.0 Å². The summed E-state index contributed by atoms with van der Waals surface area (Å²) in [5.74, 6) is -0.0181. The molecule has 3 heterocycles. The zero-order valence-corrected chi connectivity index (χ0v) is 15.6. The number of nitriles is 1. The monoisotopic (exact) mass is 387 g/mol. The lowest BCUT2D eigenvalue weighted by Crippen LogP contribution is -2.34. The number of hydrogen-bond acceptors (Lipinski definition) is 5. The number of sulfonamides is 1. The van der Waals surface area contributed by atoms with E-state index < -0.39 is 10.0 Å². The van der Waals surface area contributed by atoms with E-state index >= 15 is 0 Å². The van der Waals surface area contributed by atoms with Crippen molar-refractivity contribution in [3.05, 3.63) is 47.3 Å². The smallest absolute Gasteiger partial charge is 0.252 e. The fourth-order valence-electron chi connectivity index (χ4n) is 3.78. The number of nitrogens with zero attached hydrogens (tertiary/aromatic N) is 3. The molecule has 1 spiro atoms. The first kappa shape index (κ1) is 17.2. The molecule has 8 heteroatoms. The standard InChI is InChI=1S/C18H17N3O3S2/c19-11-14-3-1-4-15(9-14)21-13-18(10-16(21)22)6-7-20(12-18)26(23,24)17-5-2-8-25-17/h1-5,8-9H,6-7,10,12-13H2/t18-/m1/s1. The Morgan fingerprint density at radius 2 is 2.04 bits per heavy atom. The van der Waals surface area contributed by atoms with Crippen LogP contribution < -0.4 is 4.90 Å². The van der Waals surface area contributed by atoms with E-state index in [0.29, 0.717) is 47.9 Å². The Bertz CT molecular complexity index is 995. The van der Waals surface area contributed by atoms with E-state index in [1.165, 1.54) is 15.6 Å². The van der Waals surface area contributed by atoms with Crippen LogP contribution in [-0.4, -0.2) is 38.3 Å². The van der Waals surface area contributed by atoms with Gasteiger partial charge in [0.05, 0.1) is 11.6 Å². The zero-order chi connectivity index (χ0) is 18.4. The van der Waals surface area contributed by atoms with Crippen LogP contribution in [0, 0.1) is 16.7 Å². The molecule has 4 rings (SSSR count). The minimum absolute atomic E-state index is 0.0181. The van der Waals surface area contributed by atoms with E-state index in [0.717, 1.165) is 0 Å². The molecule has 1 amide bonds. The van der Waals surface area contributed by atoms with E-state index in [2.05, 4.69) is 6.07 Å². The lowest BCUT2D eigenvalue weighted by Gasteiger charge is -2.24. The van der Waals surface area contributed by atoms with Gasteiger partial charge in [0.2, 0.25) is 5.91 Å². The Kier molecular flexibility index (Phi) is 4.10. The van der Waals surface area contributed by atoms with E-state index in [9.17, 15) is 13.2 Å². The molecule has 1 atom stereocenters. The fourth-order valence-corrected chi connectivity index (χ4v) is 6.48. The molecule has 2 saturated heterocycles. The Hall–Kier alpha value is -2.21. The average molecular weight is 387 g/mol. The molecular weight excluding hydrogens is 370 g/mol. The molecule has 1 aromatic carbocycles. The van der Waals surface area contributed by atoms with Crippen LogP contribution in [0.1, 0.15) is 18.4 Å². The fraction of sp³-hybridized carbons (Fsp3) is 0.333. The SMILES string of the molecule is N#Cc1cccc(N2C[C@]3(CCN(S(=O)(=O)c4cccs4)C3)CC2=O)c1. The predicted molar refractivity (Wildman–Crippen MR) is 98.3 cm³/mol. The van der Waals surface area contributed by atoms with Gasteiger partial charge in [-0.15, -0.1) is 11.3 Å². The van der Waals surface area contributed by atoms with Crippen molar-refractivity contribution in [2.45, 2.75) is 17.1 Å². The van der Waals surface area contributed by atoms with E-state index in [-0.39, 0.29) is 11.3 Å². The second kappa shape index (κ2) is 6.20. The highest BCUT2D eigenvalue weighted by Gasteiger charge is 2.50. The summed E-state index contributed by atoms with van der Waals surface area (Å²) >= 11 is 1.21. The molecule has 1 aromatic heterocycles. The van der Waals surface area contributed by atoms with Crippen molar-refractivity contribution in [1.29, 1.82) is 5.26 Å². The summed E-state index contributed by atoms with van der Waals surface area (Å²) in [6.45, 7) is 1.27. The van der Waals surface area contributed by atoms with Crippen molar-refractivity contribution in [3.63, 3.8) is 0 Å². The number of rotatable bonds is 3. The first-order valence-corrected chi connectivity index (χ1v) is 10.6. The number of carbonyl (C=O) groups is 1. The van der Waals surface area contributed by atoms with Crippen molar-refractivity contribution >= 4 is 33.0 Å². The molecule has 2 aliphatic rings. The maximum Gasteiger partial charge on any atom is 0.252 e. The van der Waals surface area contributed by atoms with Crippen molar-refractivity contribution in [2.75, 3.05) is 24.5 Å². The molecule has 134 valence electrons. The number of anilines is 1. The van der Waals surface area contributed by atoms with Gasteiger partial charge in [-0.2, -0.15) is 9.57 Å².